The van der Waals surface area contributed by atoms with Crippen molar-refractivity contribution >= 4 is 15.9 Å². The number of likely N-dealkylation sites (N-methyl/N-ethyl adjacent to an activating group) is 1. The lowest BCUT2D eigenvalue weighted by Crippen LogP contribution is -2.36. The molecule has 2 aromatic carbocycles. The van der Waals surface area contributed by atoms with Crippen molar-refractivity contribution in [1.29, 1.82) is 0 Å². The zero-order valence-corrected chi connectivity index (χ0v) is 14.1. The molecule has 110 valence electrons. The first-order chi connectivity index (χ1) is 10.3. The maximum atomic E-state index is 3.68. The molecule has 0 fully saturated rings. The summed E-state index contributed by atoms with van der Waals surface area (Å²) in [5, 5.41) is 3.57. The van der Waals surface area contributed by atoms with Gasteiger partial charge in [-0.05, 0) is 61.4 Å². The van der Waals surface area contributed by atoms with Gasteiger partial charge in [-0.25, -0.2) is 0 Å². The zero-order valence-electron chi connectivity index (χ0n) is 12.5. The Balaban J connectivity index is 1.86. The lowest BCUT2D eigenvalue weighted by atomic mass is 9.77. The quantitative estimate of drug-likeness (QED) is 0.848. The summed E-state index contributed by atoms with van der Waals surface area (Å²) in [7, 11) is 2.10. The Labute approximate surface area is 135 Å². The minimum atomic E-state index is 0.491. The van der Waals surface area contributed by atoms with Crippen LogP contribution in [0.2, 0.25) is 0 Å². The minimum Gasteiger partial charge on any atom is -0.316 e. The van der Waals surface area contributed by atoms with Crippen LogP contribution in [0.4, 0.5) is 0 Å². The second kappa shape index (κ2) is 6.76. The third-order valence-electron chi connectivity index (χ3n) is 4.67. The number of fused-ring (bicyclic) bond motifs is 1. The number of benzene rings is 2. The summed E-state index contributed by atoms with van der Waals surface area (Å²) in [6.45, 7) is 0. The van der Waals surface area contributed by atoms with E-state index in [-0.39, 0.29) is 0 Å². The molecule has 1 aliphatic rings. The van der Waals surface area contributed by atoms with E-state index in [9.17, 15) is 0 Å². The van der Waals surface area contributed by atoms with Crippen LogP contribution in [-0.4, -0.2) is 13.1 Å². The number of nitrogens with one attached hydrogen (secondary N) is 1. The Kier molecular flexibility index (Phi) is 4.77. The Hall–Kier alpha value is -1.12. The third kappa shape index (κ3) is 3.22. The highest BCUT2D eigenvalue weighted by atomic mass is 79.9. The van der Waals surface area contributed by atoms with Crippen LogP contribution in [0.15, 0.2) is 53.0 Å². The molecule has 0 heterocycles. The van der Waals surface area contributed by atoms with Gasteiger partial charge < -0.3 is 5.32 Å². The minimum absolute atomic E-state index is 0.491. The highest BCUT2D eigenvalue weighted by Gasteiger charge is 2.27. The summed E-state index contributed by atoms with van der Waals surface area (Å²) >= 11 is 3.68. The standard InChI is InChI=1S/C19H22BrN/c1-21-19(13-15-8-3-5-12-18(15)20)17-11-6-9-14-7-2-4-10-16(14)17/h2-5,7-8,10,12,17,19,21H,6,9,11,13H2,1H3. The van der Waals surface area contributed by atoms with Gasteiger partial charge in [0.15, 0.2) is 0 Å². The second-order valence-corrected chi connectivity index (χ2v) is 6.74. The molecule has 0 spiro atoms. The van der Waals surface area contributed by atoms with E-state index in [2.05, 4.69) is 76.8 Å². The van der Waals surface area contributed by atoms with E-state index in [0.29, 0.717) is 12.0 Å². The third-order valence-corrected chi connectivity index (χ3v) is 5.44. The fraction of sp³-hybridized carbons (Fsp3) is 0.368. The lowest BCUT2D eigenvalue weighted by molar-refractivity contribution is 0.411. The number of rotatable bonds is 4. The number of aryl methyl sites for hydroxylation is 1. The van der Waals surface area contributed by atoms with Crippen molar-refractivity contribution in [3.05, 3.63) is 69.7 Å². The maximum Gasteiger partial charge on any atom is 0.0207 e. The van der Waals surface area contributed by atoms with Crippen molar-refractivity contribution in [2.24, 2.45) is 0 Å². The van der Waals surface area contributed by atoms with E-state index in [1.54, 1.807) is 11.1 Å². The average molecular weight is 344 g/mol. The average Bonchev–Trinajstić information content (AvgIpc) is 2.54. The van der Waals surface area contributed by atoms with E-state index < -0.39 is 0 Å². The molecule has 0 aromatic heterocycles. The first kappa shape index (κ1) is 14.8. The monoisotopic (exact) mass is 343 g/mol. The number of hydrogen-bond acceptors (Lipinski definition) is 1. The Morgan fingerprint density at radius 2 is 1.90 bits per heavy atom. The number of halogens is 1. The zero-order chi connectivity index (χ0) is 14.7. The number of hydrogen-bond donors (Lipinski definition) is 1. The molecule has 1 aliphatic carbocycles. The summed E-state index contributed by atoms with van der Waals surface area (Å²) < 4.78 is 1.22. The van der Waals surface area contributed by atoms with Crippen molar-refractivity contribution in [3.63, 3.8) is 0 Å². The van der Waals surface area contributed by atoms with E-state index >= 15 is 0 Å². The van der Waals surface area contributed by atoms with Gasteiger partial charge in [-0.1, -0.05) is 58.4 Å². The highest BCUT2D eigenvalue weighted by Crippen LogP contribution is 2.35. The summed E-state index contributed by atoms with van der Waals surface area (Å²) in [6.07, 6.45) is 4.89. The molecular weight excluding hydrogens is 322 g/mol. The molecule has 3 rings (SSSR count). The topological polar surface area (TPSA) is 12.0 Å². The van der Waals surface area contributed by atoms with Crippen LogP contribution < -0.4 is 5.32 Å². The fourth-order valence-electron chi connectivity index (χ4n) is 3.56. The van der Waals surface area contributed by atoms with Crippen molar-refractivity contribution in [2.45, 2.75) is 37.6 Å². The van der Waals surface area contributed by atoms with Gasteiger partial charge in [0.1, 0.15) is 0 Å². The van der Waals surface area contributed by atoms with Crippen molar-refractivity contribution < 1.29 is 0 Å². The molecule has 2 heteroatoms. The summed E-state index contributed by atoms with van der Waals surface area (Å²) in [4.78, 5) is 0. The molecule has 0 radical (unpaired) electrons. The van der Waals surface area contributed by atoms with Crippen LogP contribution >= 0.6 is 15.9 Å². The van der Waals surface area contributed by atoms with E-state index in [0.717, 1.165) is 6.42 Å². The summed E-state index contributed by atoms with van der Waals surface area (Å²) in [6, 6.07) is 18.0. The molecule has 2 unspecified atom stereocenters. The largest absolute Gasteiger partial charge is 0.316 e. The lowest BCUT2D eigenvalue weighted by Gasteiger charge is -2.32. The summed E-state index contributed by atoms with van der Waals surface area (Å²) in [5.74, 6) is 0.618. The van der Waals surface area contributed by atoms with Crippen LogP contribution in [0.3, 0.4) is 0 Å². The van der Waals surface area contributed by atoms with Crippen LogP contribution in [0.25, 0.3) is 0 Å². The molecule has 0 saturated carbocycles. The molecule has 1 nitrogen and oxygen atoms in total. The SMILES string of the molecule is CNC(Cc1ccccc1Br)C1CCCc2ccccc21. The molecule has 2 atom stereocenters. The van der Waals surface area contributed by atoms with E-state index in [1.165, 1.54) is 29.3 Å². The van der Waals surface area contributed by atoms with Gasteiger partial charge in [0, 0.05) is 10.5 Å². The first-order valence-corrected chi connectivity index (χ1v) is 8.57. The molecule has 0 amide bonds. The van der Waals surface area contributed by atoms with E-state index in [4.69, 9.17) is 0 Å². The predicted octanol–water partition coefficient (Wildman–Crippen LogP) is 4.70. The Bertz CT molecular complexity index is 608. The second-order valence-electron chi connectivity index (χ2n) is 5.89. The smallest absolute Gasteiger partial charge is 0.0207 e. The predicted molar refractivity (Wildman–Crippen MR) is 92.8 cm³/mol. The highest BCUT2D eigenvalue weighted by molar-refractivity contribution is 9.10. The first-order valence-electron chi connectivity index (χ1n) is 7.78. The van der Waals surface area contributed by atoms with Crippen molar-refractivity contribution in [1.82, 2.24) is 5.32 Å². The van der Waals surface area contributed by atoms with Gasteiger partial charge in [0.05, 0.1) is 0 Å². The molecular formula is C19H22BrN. The van der Waals surface area contributed by atoms with E-state index in [1.807, 2.05) is 0 Å². The van der Waals surface area contributed by atoms with Crippen molar-refractivity contribution in [2.75, 3.05) is 7.05 Å². The van der Waals surface area contributed by atoms with Gasteiger partial charge in [-0.3, -0.25) is 0 Å². The maximum absolute atomic E-state index is 3.68. The normalized spacial score (nSPS) is 19.0. The molecule has 1 N–H and O–H groups in total. The molecule has 0 bridgehead atoms. The van der Waals surface area contributed by atoms with Gasteiger partial charge >= 0.3 is 0 Å². The fourth-order valence-corrected chi connectivity index (χ4v) is 4.00. The van der Waals surface area contributed by atoms with Crippen molar-refractivity contribution in [3.8, 4) is 0 Å². The Morgan fingerprint density at radius 1 is 1.14 bits per heavy atom. The van der Waals surface area contributed by atoms with Gasteiger partial charge in [-0.2, -0.15) is 0 Å². The van der Waals surface area contributed by atoms with Gasteiger partial charge in [-0.15, -0.1) is 0 Å². The van der Waals surface area contributed by atoms with Crippen LogP contribution in [0.5, 0.6) is 0 Å². The van der Waals surface area contributed by atoms with Crippen LogP contribution in [-0.2, 0) is 12.8 Å². The molecule has 0 saturated heterocycles. The van der Waals surface area contributed by atoms with Gasteiger partial charge in [0.25, 0.3) is 0 Å². The molecule has 21 heavy (non-hydrogen) atoms. The summed E-state index contributed by atoms with van der Waals surface area (Å²) in [5.41, 5.74) is 4.48. The van der Waals surface area contributed by atoms with Crippen LogP contribution in [0, 0.1) is 0 Å². The Morgan fingerprint density at radius 3 is 2.71 bits per heavy atom. The van der Waals surface area contributed by atoms with Gasteiger partial charge in [0.2, 0.25) is 0 Å². The van der Waals surface area contributed by atoms with Crippen LogP contribution in [0.1, 0.15) is 35.4 Å². The molecule has 2 aromatic rings. The molecule has 0 aliphatic heterocycles.